The maximum absolute atomic E-state index is 13.0. The normalized spacial score (nSPS) is 19.8. The van der Waals surface area contributed by atoms with Crippen LogP contribution >= 0.6 is 0 Å². The van der Waals surface area contributed by atoms with Gasteiger partial charge in [0.1, 0.15) is 5.69 Å². The lowest BCUT2D eigenvalue weighted by Crippen LogP contribution is -2.48. The number of nitrogens with zero attached hydrogens (tertiary/aromatic N) is 4. The van der Waals surface area contributed by atoms with Crippen molar-refractivity contribution in [2.45, 2.75) is 65.1 Å². The molecule has 33 heavy (non-hydrogen) atoms. The number of hydrogen-bond donors (Lipinski definition) is 0. The van der Waals surface area contributed by atoms with Crippen LogP contribution in [0.15, 0.2) is 18.3 Å². The first-order valence-electron chi connectivity index (χ1n) is 11.2. The van der Waals surface area contributed by atoms with Gasteiger partial charge in [-0.15, -0.1) is 0 Å². The van der Waals surface area contributed by atoms with Gasteiger partial charge in [0, 0.05) is 61.5 Å². The first-order valence-corrected chi connectivity index (χ1v) is 11.2. The molecule has 0 bridgehead atoms. The Morgan fingerprint density at radius 1 is 1.21 bits per heavy atom. The molecule has 5 rings (SSSR count). The highest BCUT2D eigenvalue weighted by atomic mass is 19.4. The van der Waals surface area contributed by atoms with Gasteiger partial charge in [-0.2, -0.15) is 13.2 Å². The monoisotopic (exact) mass is 460 g/mol. The summed E-state index contributed by atoms with van der Waals surface area (Å²) in [6.07, 6.45) is -2.14. The lowest BCUT2D eigenvalue weighted by atomic mass is 9.91. The van der Waals surface area contributed by atoms with Crippen molar-refractivity contribution in [2.24, 2.45) is 5.92 Å². The number of anilines is 1. The fraction of sp³-hybridized carbons (Fsp3) is 0.542. The third-order valence-corrected chi connectivity index (χ3v) is 6.93. The number of carbonyl (C=O) groups is 1. The van der Waals surface area contributed by atoms with Crippen LogP contribution in [-0.2, 0) is 41.8 Å². The molecule has 0 N–H and O–H groups in total. The molecule has 1 amide bonds. The van der Waals surface area contributed by atoms with Crippen molar-refractivity contribution < 1.29 is 22.7 Å². The van der Waals surface area contributed by atoms with Crippen LogP contribution in [0.2, 0.25) is 0 Å². The number of ether oxygens (including phenoxy) is 1. The highest BCUT2D eigenvalue weighted by Gasteiger charge is 2.37. The summed E-state index contributed by atoms with van der Waals surface area (Å²) in [7, 11) is 0. The fourth-order valence-corrected chi connectivity index (χ4v) is 4.97. The molecule has 0 aromatic carbocycles. The number of amides is 1. The van der Waals surface area contributed by atoms with E-state index in [1.54, 1.807) is 6.07 Å². The summed E-state index contributed by atoms with van der Waals surface area (Å²) < 4.78 is 44.7. The van der Waals surface area contributed by atoms with Gasteiger partial charge >= 0.3 is 6.18 Å². The zero-order valence-corrected chi connectivity index (χ0v) is 19.0. The smallest absolute Gasteiger partial charge is 0.371 e. The van der Waals surface area contributed by atoms with Gasteiger partial charge in [0.15, 0.2) is 0 Å². The van der Waals surface area contributed by atoms with E-state index in [0.29, 0.717) is 44.9 Å². The number of alkyl halides is 3. The molecule has 1 saturated heterocycles. The minimum absolute atomic E-state index is 0.0670. The Morgan fingerprint density at radius 2 is 1.97 bits per heavy atom. The molecule has 0 saturated carbocycles. The number of hydrogen-bond acceptors (Lipinski definition) is 5. The lowest BCUT2D eigenvalue weighted by molar-refractivity contribution is -0.141. The summed E-state index contributed by atoms with van der Waals surface area (Å²) in [5.74, 6) is 0.192. The molecule has 1 fully saturated rings. The SMILES string of the molecule is Cc1c2c(nc3c1CN(C(=O)CC1CN(c4ccnc(C(F)(F)F)c4)C1)C3)CC(C)(C)OC2. The Morgan fingerprint density at radius 3 is 2.70 bits per heavy atom. The van der Waals surface area contributed by atoms with E-state index < -0.39 is 11.9 Å². The highest BCUT2D eigenvalue weighted by Crippen LogP contribution is 2.36. The third-order valence-electron chi connectivity index (χ3n) is 6.93. The summed E-state index contributed by atoms with van der Waals surface area (Å²) in [4.78, 5) is 25.0. The molecule has 176 valence electrons. The summed E-state index contributed by atoms with van der Waals surface area (Å²) >= 11 is 0. The second kappa shape index (κ2) is 7.68. The van der Waals surface area contributed by atoms with Crippen molar-refractivity contribution in [3.63, 3.8) is 0 Å². The van der Waals surface area contributed by atoms with Crippen molar-refractivity contribution >= 4 is 11.6 Å². The van der Waals surface area contributed by atoms with Crippen LogP contribution in [-0.4, -0.2) is 39.5 Å². The molecule has 2 aromatic rings. The highest BCUT2D eigenvalue weighted by molar-refractivity contribution is 5.77. The first-order chi connectivity index (χ1) is 15.5. The molecule has 5 heterocycles. The molecule has 3 aliphatic rings. The number of aromatic nitrogens is 2. The average Bonchev–Trinajstić information content (AvgIpc) is 3.13. The van der Waals surface area contributed by atoms with Gasteiger partial charge in [-0.05, 0) is 44.0 Å². The van der Waals surface area contributed by atoms with Gasteiger partial charge in [0.05, 0.1) is 24.4 Å². The molecule has 9 heteroatoms. The summed E-state index contributed by atoms with van der Waals surface area (Å²) in [5, 5.41) is 0. The standard InChI is InChI=1S/C24H27F3N4O2/c1-14-17-11-31(12-20(17)29-19-8-23(2,3)33-13-18(14)19)22(32)6-15-9-30(10-15)16-4-5-28-21(7-16)24(25,26)27/h4-5,7,15H,6,8-13H2,1-3H3. The van der Waals surface area contributed by atoms with E-state index in [1.807, 2.05) is 9.80 Å². The Kier molecular flexibility index (Phi) is 5.15. The Labute approximate surface area is 190 Å². The van der Waals surface area contributed by atoms with E-state index in [-0.39, 0.29) is 17.4 Å². The maximum atomic E-state index is 13.0. The average molecular weight is 461 g/mol. The molecule has 2 aromatic heterocycles. The molecule has 0 unspecified atom stereocenters. The van der Waals surface area contributed by atoms with E-state index in [0.717, 1.165) is 35.0 Å². The van der Waals surface area contributed by atoms with E-state index in [2.05, 4.69) is 25.8 Å². The number of halogens is 3. The van der Waals surface area contributed by atoms with Gasteiger partial charge < -0.3 is 14.5 Å². The van der Waals surface area contributed by atoms with Crippen LogP contribution in [0.5, 0.6) is 0 Å². The van der Waals surface area contributed by atoms with Crippen molar-refractivity contribution in [2.75, 3.05) is 18.0 Å². The zero-order valence-electron chi connectivity index (χ0n) is 19.0. The van der Waals surface area contributed by atoms with Crippen LogP contribution in [0.3, 0.4) is 0 Å². The molecule has 3 aliphatic heterocycles. The number of carbonyl (C=O) groups excluding carboxylic acids is 1. The largest absolute Gasteiger partial charge is 0.433 e. The Bertz CT molecular complexity index is 1110. The van der Waals surface area contributed by atoms with E-state index in [9.17, 15) is 18.0 Å². The molecule has 6 nitrogen and oxygen atoms in total. The van der Waals surface area contributed by atoms with Crippen molar-refractivity contribution in [3.05, 3.63) is 52.1 Å². The minimum atomic E-state index is -4.46. The van der Waals surface area contributed by atoms with E-state index in [4.69, 9.17) is 9.72 Å². The summed E-state index contributed by atoms with van der Waals surface area (Å²) in [5.41, 5.74) is 4.85. The summed E-state index contributed by atoms with van der Waals surface area (Å²) in [6.45, 7) is 8.95. The van der Waals surface area contributed by atoms with Crippen LogP contribution < -0.4 is 4.90 Å². The molecule has 0 spiro atoms. The van der Waals surface area contributed by atoms with Crippen LogP contribution in [0.1, 0.15) is 54.0 Å². The van der Waals surface area contributed by atoms with Crippen molar-refractivity contribution in [1.29, 1.82) is 0 Å². The zero-order chi connectivity index (χ0) is 23.5. The summed E-state index contributed by atoms with van der Waals surface area (Å²) in [6, 6.07) is 2.64. The number of pyridine rings is 2. The number of rotatable bonds is 3. The quantitative estimate of drug-likeness (QED) is 0.693. The van der Waals surface area contributed by atoms with E-state index >= 15 is 0 Å². The fourth-order valence-electron chi connectivity index (χ4n) is 4.97. The minimum Gasteiger partial charge on any atom is -0.371 e. The Hall–Kier alpha value is -2.68. The van der Waals surface area contributed by atoms with Gasteiger partial charge in [-0.3, -0.25) is 14.8 Å². The molecular formula is C24H27F3N4O2. The lowest BCUT2D eigenvalue weighted by Gasteiger charge is -2.41. The van der Waals surface area contributed by atoms with Crippen molar-refractivity contribution in [3.8, 4) is 0 Å². The predicted molar refractivity (Wildman–Crippen MR) is 115 cm³/mol. The number of fused-ring (bicyclic) bond motifs is 2. The topological polar surface area (TPSA) is 58.6 Å². The molecule has 0 atom stereocenters. The molecular weight excluding hydrogens is 433 g/mol. The molecule has 0 radical (unpaired) electrons. The van der Waals surface area contributed by atoms with Crippen molar-refractivity contribution in [1.82, 2.24) is 14.9 Å². The predicted octanol–water partition coefficient (Wildman–Crippen LogP) is 4.02. The van der Waals surface area contributed by atoms with Gasteiger partial charge in [0.2, 0.25) is 5.91 Å². The second-order valence-corrected chi connectivity index (χ2v) is 9.93. The van der Waals surface area contributed by atoms with Gasteiger partial charge in [-0.1, -0.05) is 0 Å². The van der Waals surface area contributed by atoms with Crippen LogP contribution in [0.25, 0.3) is 0 Å². The van der Waals surface area contributed by atoms with E-state index in [1.165, 1.54) is 11.8 Å². The van der Waals surface area contributed by atoms with Crippen LogP contribution in [0.4, 0.5) is 18.9 Å². The third kappa shape index (κ3) is 4.18. The second-order valence-electron chi connectivity index (χ2n) is 9.93. The van der Waals surface area contributed by atoms with Gasteiger partial charge in [-0.25, -0.2) is 0 Å². The molecule has 0 aliphatic carbocycles. The Balaban J connectivity index is 1.20. The van der Waals surface area contributed by atoms with Crippen LogP contribution in [0, 0.1) is 12.8 Å². The first kappa shape index (κ1) is 22.1. The maximum Gasteiger partial charge on any atom is 0.433 e. The van der Waals surface area contributed by atoms with Gasteiger partial charge in [0.25, 0.3) is 0 Å².